The molecule has 0 aliphatic carbocycles. The van der Waals surface area contributed by atoms with E-state index in [1.807, 2.05) is 60.7 Å². The molecular formula is C47H29N5. The molecule has 0 radical (unpaired) electrons. The maximum absolute atomic E-state index is 10.5. The lowest BCUT2D eigenvalue weighted by atomic mass is 10.00. The Balaban J connectivity index is 1.34. The molecule has 0 bridgehead atoms. The molecule has 0 fully saturated rings. The van der Waals surface area contributed by atoms with Crippen molar-refractivity contribution < 1.29 is 0 Å². The molecule has 0 saturated carbocycles. The van der Waals surface area contributed by atoms with E-state index in [-0.39, 0.29) is 0 Å². The summed E-state index contributed by atoms with van der Waals surface area (Å²) in [5.74, 6) is 0.565. The van der Waals surface area contributed by atoms with Gasteiger partial charge < -0.3 is 9.13 Å². The van der Waals surface area contributed by atoms with Crippen LogP contribution in [0.1, 0.15) is 5.56 Å². The number of hydrogen-bond acceptors (Lipinski definition) is 3. The second-order valence-corrected chi connectivity index (χ2v) is 12.9. The second-order valence-electron chi connectivity index (χ2n) is 12.9. The molecule has 52 heavy (non-hydrogen) atoms. The van der Waals surface area contributed by atoms with Crippen LogP contribution >= 0.6 is 0 Å². The topological polar surface area (TPSA) is 59.4 Å². The molecule has 0 amide bonds. The van der Waals surface area contributed by atoms with Crippen molar-refractivity contribution in [3.05, 3.63) is 181 Å². The van der Waals surface area contributed by atoms with Gasteiger partial charge in [0.1, 0.15) is 11.6 Å². The van der Waals surface area contributed by atoms with Gasteiger partial charge in [-0.25, -0.2) is 9.97 Å². The van der Waals surface area contributed by atoms with Gasteiger partial charge in [-0.2, -0.15) is 5.26 Å². The van der Waals surface area contributed by atoms with Crippen LogP contribution in [0, 0.1) is 11.3 Å². The van der Waals surface area contributed by atoms with Gasteiger partial charge >= 0.3 is 0 Å². The Morgan fingerprint density at radius 3 is 1.56 bits per heavy atom. The van der Waals surface area contributed by atoms with Crippen molar-refractivity contribution in [3.63, 3.8) is 0 Å². The van der Waals surface area contributed by atoms with Crippen LogP contribution in [0.25, 0.3) is 88.9 Å². The zero-order valence-electron chi connectivity index (χ0n) is 28.0. The van der Waals surface area contributed by atoms with Gasteiger partial charge in [0.05, 0.1) is 33.5 Å². The summed E-state index contributed by atoms with van der Waals surface area (Å²) in [6.07, 6.45) is 0. The fraction of sp³-hybridized carbons (Fsp3) is 0. The molecule has 0 aliphatic heterocycles. The van der Waals surface area contributed by atoms with Crippen LogP contribution in [0.3, 0.4) is 0 Å². The Bertz CT molecular complexity index is 2930. The lowest BCUT2D eigenvalue weighted by molar-refractivity contribution is 1.16. The molecule has 3 aromatic heterocycles. The minimum absolute atomic E-state index is 0.456. The first-order chi connectivity index (χ1) is 25.8. The Kier molecular flexibility index (Phi) is 6.80. The number of nitrogens with zero attached hydrogens (tertiary/aromatic N) is 5. The second kappa shape index (κ2) is 11.9. The van der Waals surface area contributed by atoms with Gasteiger partial charge in [0, 0.05) is 49.6 Å². The fourth-order valence-electron chi connectivity index (χ4n) is 7.71. The zero-order valence-corrected chi connectivity index (χ0v) is 28.0. The van der Waals surface area contributed by atoms with E-state index in [2.05, 4.69) is 130 Å². The highest BCUT2D eigenvalue weighted by Gasteiger charge is 2.23. The number of fused-ring (bicyclic) bond motifs is 7. The third-order valence-corrected chi connectivity index (χ3v) is 9.96. The molecule has 10 aromatic rings. The van der Waals surface area contributed by atoms with E-state index >= 15 is 0 Å². The average molecular weight is 664 g/mol. The van der Waals surface area contributed by atoms with Crippen molar-refractivity contribution in [3.8, 4) is 51.3 Å². The van der Waals surface area contributed by atoms with E-state index in [4.69, 9.17) is 9.97 Å². The minimum atomic E-state index is 0.456. The molecule has 0 atom stereocenters. The highest BCUT2D eigenvalue weighted by molar-refractivity contribution is 6.26. The lowest BCUT2D eigenvalue weighted by Gasteiger charge is -2.12. The number of benzene rings is 7. The smallest absolute Gasteiger partial charge is 0.160 e. The summed E-state index contributed by atoms with van der Waals surface area (Å²) in [7, 11) is 0. The number of para-hydroxylation sites is 3. The van der Waals surface area contributed by atoms with Gasteiger partial charge in [-0.05, 0) is 54.6 Å². The van der Waals surface area contributed by atoms with Crippen molar-refractivity contribution in [2.45, 2.75) is 0 Å². The Morgan fingerprint density at radius 1 is 0.423 bits per heavy atom. The van der Waals surface area contributed by atoms with Crippen LogP contribution in [0.5, 0.6) is 0 Å². The third kappa shape index (κ3) is 4.56. The first-order valence-electron chi connectivity index (χ1n) is 17.3. The van der Waals surface area contributed by atoms with Gasteiger partial charge in [0.2, 0.25) is 0 Å². The van der Waals surface area contributed by atoms with Crippen molar-refractivity contribution in [2.24, 2.45) is 0 Å². The van der Waals surface area contributed by atoms with Crippen molar-refractivity contribution >= 4 is 43.6 Å². The average Bonchev–Trinajstić information content (AvgIpc) is 3.74. The monoisotopic (exact) mass is 663 g/mol. The van der Waals surface area contributed by atoms with Crippen molar-refractivity contribution in [1.29, 1.82) is 5.26 Å². The first kappa shape index (κ1) is 29.6. The summed E-state index contributed by atoms with van der Waals surface area (Å²) in [6, 6.07) is 63.1. The summed E-state index contributed by atoms with van der Waals surface area (Å²) >= 11 is 0. The number of nitriles is 1. The zero-order chi connectivity index (χ0) is 34.6. The largest absolute Gasteiger partial charge is 0.309 e. The predicted molar refractivity (Wildman–Crippen MR) is 212 cm³/mol. The number of rotatable bonds is 5. The van der Waals surface area contributed by atoms with Gasteiger partial charge in [0.25, 0.3) is 0 Å². The van der Waals surface area contributed by atoms with E-state index in [0.717, 1.165) is 60.9 Å². The molecule has 3 heterocycles. The molecule has 242 valence electrons. The highest BCUT2D eigenvalue weighted by atomic mass is 15.0. The molecule has 0 spiro atoms. The minimum Gasteiger partial charge on any atom is -0.309 e. The summed E-state index contributed by atoms with van der Waals surface area (Å²) in [5.41, 5.74) is 11.0. The normalized spacial score (nSPS) is 11.4. The Labute approximate surface area is 299 Å². The van der Waals surface area contributed by atoms with Crippen LogP contribution in [0.4, 0.5) is 0 Å². The molecule has 0 aliphatic rings. The fourth-order valence-corrected chi connectivity index (χ4v) is 7.71. The van der Waals surface area contributed by atoms with E-state index in [1.54, 1.807) is 0 Å². The van der Waals surface area contributed by atoms with Gasteiger partial charge in [-0.3, -0.25) is 0 Å². The van der Waals surface area contributed by atoms with Gasteiger partial charge in [0.15, 0.2) is 5.82 Å². The summed E-state index contributed by atoms with van der Waals surface area (Å²) in [5, 5.41) is 15.1. The molecule has 0 unspecified atom stereocenters. The third-order valence-electron chi connectivity index (χ3n) is 9.96. The van der Waals surface area contributed by atoms with Crippen LogP contribution in [-0.4, -0.2) is 19.1 Å². The van der Waals surface area contributed by atoms with Crippen molar-refractivity contribution in [1.82, 2.24) is 19.1 Å². The molecule has 0 N–H and O–H groups in total. The molecule has 0 saturated heterocycles. The maximum atomic E-state index is 10.5. The quantitative estimate of drug-likeness (QED) is 0.184. The summed E-state index contributed by atoms with van der Waals surface area (Å²) in [6.45, 7) is 0. The molecule has 7 aromatic carbocycles. The SMILES string of the molecule is N#Cc1c(-c2ccccc2)nc(-c2ccc3c(c2)c2c(ccc4c5ccccc5n(-c5ccccc5)c42)n3-c2ccccc2)nc1-c1ccccc1. The van der Waals surface area contributed by atoms with Crippen LogP contribution in [-0.2, 0) is 0 Å². The number of aromatic nitrogens is 4. The Morgan fingerprint density at radius 2 is 0.942 bits per heavy atom. The molecule has 5 nitrogen and oxygen atoms in total. The summed E-state index contributed by atoms with van der Waals surface area (Å²) in [4.78, 5) is 10.3. The maximum Gasteiger partial charge on any atom is 0.160 e. The first-order valence-corrected chi connectivity index (χ1v) is 17.3. The number of hydrogen-bond donors (Lipinski definition) is 0. The van der Waals surface area contributed by atoms with E-state index in [9.17, 15) is 5.26 Å². The van der Waals surface area contributed by atoms with Gasteiger partial charge in [-0.15, -0.1) is 0 Å². The predicted octanol–water partition coefficient (Wildman–Crippen LogP) is 11.5. The summed E-state index contributed by atoms with van der Waals surface area (Å²) < 4.78 is 4.75. The van der Waals surface area contributed by atoms with Gasteiger partial charge in [-0.1, -0.05) is 121 Å². The Hall–Kier alpha value is -7.29. The molecule has 5 heteroatoms. The van der Waals surface area contributed by atoms with Crippen LogP contribution in [0.2, 0.25) is 0 Å². The van der Waals surface area contributed by atoms with E-state index < -0.39 is 0 Å². The molecular weight excluding hydrogens is 635 g/mol. The van der Waals surface area contributed by atoms with E-state index in [0.29, 0.717) is 22.8 Å². The van der Waals surface area contributed by atoms with E-state index in [1.165, 1.54) is 10.8 Å². The van der Waals surface area contributed by atoms with Crippen LogP contribution in [0.15, 0.2) is 176 Å². The lowest BCUT2D eigenvalue weighted by Crippen LogP contribution is -2.01. The highest BCUT2D eigenvalue weighted by Crippen LogP contribution is 2.43. The van der Waals surface area contributed by atoms with Crippen LogP contribution < -0.4 is 0 Å². The van der Waals surface area contributed by atoms with Crippen molar-refractivity contribution in [2.75, 3.05) is 0 Å². The standard InChI is InChI=1S/C47H29N5/c48-30-39-44(31-15-5-1-6-16-31)49-47(50-45(39)32-17-7-2-8-18-32)33-25-27-41-38(29-33)43-42(51(41)34-19-9-3-10-20-34)28-26-37-36-23-13-14-24-40(36)52(46(37)43)35-21-11-4-12-22-35/h1-29H. The molecule has 10 rings (SSSR count).